The molecule has 1 fully saturated rings. The van der Waals surface area contributed by atoms with E-state index < -0.39 is 0 Å². The highest BCUT2D eigenvalue weighted by atomic mass is 16.5. The maximum Gasteiger partial charge on any atom is 0.309 e. The molecule has 1 heterocycles. The van der Waals surface area contributed by atoms with Crippen molar-refractivity contribution in [2.45, 2.75) is 97.0 Å². The van der Waals surface area contributed by atoms with Crippen molar-refractivity contribution in [2.24, 2.45) is 5.92 Å². The van der Waals surface area contributed by atoms with Gasteiger partial charge in [0.05, 0.1) is 5.92 Å². The fraction of sp³-hybridized carbons (Fsp3) is 0.552. The Hall–Kier alpha value is -2.09. The number of hydrogen-bond acceptors (Lipinski definition) is 2. The molecule has 0 bridgehead atoms. The molecule has 31 heavy (non-hydrogen) atoms. The van der Waals surface area contributed by atoms with Gasteiger partial charge < -0.3 is 4.74 Å². The number of cyclic esters (lactones) is 1. The molecule has 1 saturated heterocycles. The Morgan fingerprint density at radius 1 is 0.742 bits per heavy atom. The summed E-state index contributed by atoms with van der Waals surface area (Å²) in [6.07, 6.45) is 14.3. The third-order valence-corrected chi connectivity index (χ3v) is 6.64. The van der Waals surface area contributed by atoms with E-state index in [9.17, 15) is 4.79 Å². The molecule has 1 aliphatic rings. The molecule has 0 aliphatic carbocycles. The van der Waals surface area contributed by atoms with Gasteiger partial charge in [-0.2, -0.15) is 0 Å². The number of unbranched alkanes of at least 4 members (excludes halogenated alkanes) is 7. The Morgan fingerprint density at radius 2 is 1.32 bits per heavy atom. The Bertz CT molecular complexity index is 775. The predicted octanol–water partition coefficient (Wildman–Crippen LogP) is 8.44. The van der Waals surface area contributed by atoms with Gasteiger partial charge >= 0.3 is 5.97 Å². The summed E-state index contributed by atoms with van der Waals surface area (Å²) in [5.41, 5.74) is 5.01. The number of aryl methyl sites for hydroxylation is 1. The smallest absolute Gasteiger partial charge is 0.309 e. The van der Waals surface area contributed by atoms with Gasteiger partial charge in [-0.1, -0.05) is 114 Å². The minimum absolute atomic E-state index is 0.00120. The second-order valence-corrected chi connectivity index (χ2v) is 9.19. The molecule has 0 aromatic heterocycles. The quantitative estimate of drug-likeness (QED) is 0.240. The number of rotatable bonds is 13. The summed E-state index contributed by atoms with van der Waals surface area (Å²) in [6.45, 7) is 4.49. The summed E-state index contributed by atoms with van der Waals surface area (Å²) in [5, 5.41) is 0. The molecule has 0 spiro atoms. The minimum atomic E-state index is -0.0763. The van der Waals surface area contributed by atoms with Crippen LogP contribution in [0.25, 0.3) is 11.1 Å². The zero-order valence-corrected chi connectivity index (χ0v) is 19.6. The van der Waals surface area contributed by atoms with Crippen LogP contribution in [-0.4, -0.2) is 5.97 Å². The van der Waals surface area contributed by atoms with Gasteiger partial charge in [-0.3, -0.25) is 4.79 Å². The molecule has 0 N–H and O–H groups in total. The third-order valence-electron chi connectivity index (χ3n) is 6.64. The second kappa shape index (κ2) is 12.7. The first-order chi connectivity index (χ1) is 15.2. The van der Waals surface area contributed by atoms with Crippen LogP contribution in [0.5, 0.6) is 0 Å². The van der Waals surface area contributed by atoms with Crippen LogP contribution in [0.4, 0.5) is 0 Å². The molecule has 168 valence electrons. The van der Waals surface area contributed by atoms with Gasteiger partial charge in [-0.25, -0.2) is 0 Å². The zero-order chi connectivity index (χ0) is 21.9. The molecular weight excluding hydrogens is 380 g/mol. The lowest BCUT2D eigenvalue weighted by molar-refractivity contribution is -0.144. The van der Waals surface area contributed by atoms with Crippen molar-refractivity contribution < 1.29 is 9.53 Å². The lowest BCUT2D eigenvalue weighted by atomic mass is 9.94. The van der Waals surface area contributed by atoms with Gasteiger partial charge in [0.2, 0.25) is 0 Å². The maximum absolute atomic E-state index is 12.3. The highest BCUT2D eigenvalue weighted by Crippen LogP contribution is 2.36. The average molecular weight is 421 g/mol. The van der Waals surface area contributed by atoms with Gasteiger partial charge in [0.1, 0.15) is 6.10 Å². The predicted molar refractivity (Wildman–Crippen MR) is 130 cm³/mol. The van der Waals surface area contributed by atoms with Crippen molar-refractivity contribution in [2.75, 3.05) is 0 Å². The summed E-state index contributed by atoms with van der Waals surface area (Å²) in [7, 11) is 0. The number of carbonyl (C=O) groups is 1. The summed E-state index contributed by atoms with van der Waals surface area (Å²) in [5.74, 6) is 0.0809. The molecule has 2 unspecified atom stereocenters. The van der Waals surface area contributed by atoms with Crippen molar-refractivity contribution >= 4 is 5.97 Å². The average Bonchev–Trinajstić information content (AvgIpc) is 3.17. The summed E-state index contributed by atoms with van der Waals surface area (Å²) < 4.78 is 5.72. The molecule has 0 radical (unpaired) electrons. The molecule has 2 atom stereocenters. The van der Waals surface area contributed by atoms with Crippen LogP contribution in [0.3, 0.4) is 0 Å². The van der Waals surface area contributed by atoms with Gasteiger partial charge in [-0.05, 0) is 41.5 Å². The summed E-state index contributed by atoms with van der Waals surface area (Å²) in [4.78, 5) is 12.3. The van der Waals surface area contributed by atoms with E-state index in [1.807, 2.05) is 0 Å². The molecule has 2 nitrogen and oxygen atoms in total. The number of hydrogen-bond donors (Lipinski definition) is 0. The minimum Gasteiger partial charge on any atom is -0.457 e. The van der Waals surface area contributed by atoms with E-state index in [-0.39, 0.29) is 18.0 Å². The Labute approximate surface area is 189 Å². The Morgan fingerprint density at radius 3 is 2.00 bits per heavy atom. The molecule has 1 aliphatic heterocycles. The third kappa shape index (κ3) is 7.23. The summed E-state index contributed by atoms with van der Waals surface area (Å²) >= 11 is 0. The highest BCUT2D eigenvalue weighted by molar-refractivity contribution is 5.75. The van der Waals surface area contributed by atoms with E-state index in [1.165, 1.54) is 74.5 Å². The van der Waals surface area contributed by atoms with E-state index in [0.29, 0.717) is 0 Å². The highest BCUT2D eigenvalue weighted by Gasteiger charge is 2.34. The largest absolute Gasteiger partial charge is 0.457 e. The first kappa shape index (κ1) is 23.6. The molecule has 3 rings (SSSR count). The van der Waals surface area contributed by atoms with E-state index in [1.54, 1.807) is 0 Å². The normalized spacial score (nSPS) is 18.3. The van der Waals surface area contributed by atoms with Gasteiger partial charge in [0.25, 0.3) is 0 Å². The van der Waals surface area contributed by atoms with Gasteiger partial charge in [0.15, 0.2) is 0 Å². The van der Waals surface area contributed by atoms with Crippen molar-refractivity contribution in [3.8, 4) is 11.1 Å². The van der Waals surface area contributed by atoms with Gasteiger partial charge in [0, 0.05) is 6.42 Å². The van der Waals surface area contributed by atoms with Crippen LogP contribution < -0.4 is 0 Å². The Kier molecular flexibility index (Phi) is 9.65. The van der Waals surface area contributed by atoms with Crippen LogP contribution in [0, 0.1) is 5.92 Å². The molecular formula is C29H40O2. The first-order valence-electron chi connectivity index (χ1n) is 12.6. The lowest BCUT2D eigenvalue weighted by Crippen LogP contribution is -2.06. The van der Waals surface area contributed by atoms with Crippen LogP contribution in [0.2, 0.25) is 0 Å². The SMILES string of the molecule is CCCCCCCCC1CC(c2ccc(-c3ccc(CCCCC)cc3)cc2)OC1=O. The van der Waals surface area contributed by atoms with Crippen molar-refractivity contribution in [1.82, 2.24) is 0 Å². The number of benzene rings is 2. The topological polar surface area (TPSA) is 26.3 Å². The van der Waals surface area contributed by atoms with E-state index in [0.717, 1.165) is 24.8 Å². The van der Waals surface area contributed by atoms with Crippen LogP contribution >= 0.6 is 0 Å². The van der Waals surface area contributed by atoms with Crippen molar-refractivity contribution in [3.05, 3.63) is 59.7 Å². The molecule has 0 saturated carbocycles. The standard InChI is InChI=1S/C29H40O2/c1-3-5-7-8-9-11-13-27-22-28(31-29(27)30)26-20-18-25(19-21-26)24-16-14-23(15-17-24)12-10-6-4-2/h14-21,27-28H,3-13,22H2,1-2H3. The first-order valence-corrected chi connectivity index (χ1v) is 12.6. The number of ether oxygens (including phenoxy) is 1. The van der Waals surface area contributed by atoms with E-state index in [4.69, 9.17) is 4.74 Å². The molecule has 0 amide bonds. The summed E-state index contributed by atoms with van der Waals surface area (Å²) in [6, 6.07) is 17.6. The monoisotopic (exact) mass is 420 g/mol. The van der Waals surface area contributed by atoms with E-state index >= 15 is 0 Å². The van der Waals surface area contributed by atoms with Crippen LogP contribution in [0.1, 0.15) is 102 Å². The maximum atomic E-state index is 12.3. The van der Waals surface area contributed by atoms with Gasteiger partial charge in [-0.15, -0.1) is 0 Å². The molecule has 2 aromatic carbocycles. The second-order valence-electron chi connectivity index (χ2n) is 9.19. The van der Waals surface area contributed by atoms with Crippen LogP contribution in [0.15, 0.2) is 48.5 Å². The number of carbonyl (C=O) groups excluding carboxylic acids is 1. The molecule has 2 heteroatoms. The zero-order valence-electron chi connectivity index (χ0n) is 19.6. The fourth-order valence-corrected chi connectivity index (χ4v) is 4.58. The fourth-order valence-electron chi connectivity index (χ4n) is 4.58. The number of esters is 1. The van der Waals surface area contributed by atoms with Crippen molar-refractivity contribution in [1.29, 1.82) is 0 Å². The molecule has 2 aromatic rings. The van der Waals surface area contributed by atoms with E-state index in [2.05, 4.69) is 62.4 Å². The lowest BCUT2D eigenvalue weighted by Gasteiger charge is -2.11. The van der Waals surface area contributed by atoms with Crippen molar-refractivity contribution in [3.63, 3.8) is 0 Å². The Balaban J connectivity index is 1.49. The van der Waals surface area contributed by atoms with Crippen LogP contribution in [-0.2, 0) is 16.0 Å².